The molecule has 160 valence electrons. The number of sulfonamides is 1. The summed E-state index contributed by atoms with van der Waals surface area (Å²) in [6.07, 6.45) is 3.77. The van der Waals surface area contributed by atoms with Crippen LogP contribution in [0, 0.1) is 5.92 Å². The third-order valence-electron chi connectivity index (χ3n) is 4.70. The van der Waals surface area contributed by atoms with E-state index < -0.39 is 10.0 Å². The lowest BCUT2D eigenvalue weighted by Crippen LogP contribution is -2.44. The number of aromatic nitrogens is 1. The van der Waals surface area contributed by atoms with Gasteiger partial charge in [-0.15, -0.1) is 0 Å². The first-order valence-electron chi connectivity index (χ1n) is 9.20. The van der Waals surface area contributed by atoms with Gasteiger partial charge < -0.3 is 10.6 Å². The first-order valence-corrected chi connectivity index (χ1v) is 11.4. The van der Waals surface area contributed by atoms with Crippen LogP contribution in [-0.2, 0) is 19.6 Å². The van der Waals surface area contributed by atoms with Gasteiger partial charge in [-0.2, -0.15) is 4.31 Å². The van der Waals surface area contributed by atoms with Crippen molar-refractivity contribution in [3.05, 3.63) is 52.8 Å². The minimum Gasteiger partial charge on any atom is -0.347 e. The Morgan fingerprint density at radius 3 is 2.57 bits per heavy atom. The van der Waals surface area contributed by atoms with Crippen molar-refractivity contribution in [1.82, 2.24) is 14.6 Å². The van der Waals surface area contributed by atoms with Gasteiger partial charge in [0.05, 0.1) is 23.5 Å². The molecule has 8 nitrogen and oxygen atoms in total. The van der Waals surface area contributed by atoms with Gasteiger partial charge in [0.1, 0.15) is 4.90 Å². The SMILES string of the molecule is O=C(CNC(=O)C1CCN(S(=O)(=O)c2cc(Cl)ccc2Cl)CC1)Nc1cccnc1. The monoisotopic (exact) mass is 470 g/mol. The molecule has 30 heavy (non-hydrogen) atoms. The predicted molar refractivity (Wildman–Crippen MR) is 114 cm³/mol. The normalized spacial score (nSPS) is 15.5. The van der Waals surface area contributed by atoms with Crippen molar-refractivity contribution in [1.29, 1.82) is 0 Å². The van der Waals surface area contributed by atoms with Crippen LogP contribution >= 0.6 is 23.2 Å². The Morgan fingerprint density at radius 1 is 1.17 bits per heavy atom. The Morgan fingerprint density at radius 2 is 1.90 bits per heavy atom. The molecule has 1 fully saturated rings. The number of nitrogens with zero attached hydrogens (tertiary/aromatic N) is 2. The molecule has 2 heterocycles. The van der Waals surface area contributed by atoms with Crippen LogP contribution in [0.25, 0.3) is 0 Å². The van der Waals surface area contributed by atoms with Gasteiger partial charge in [0, 0.05) is 30.2 Å². The zero-order chi connectivity index (χ0) is 21.7. The van der Waals surface area contributed by atoms with Crippen molar-refractivity contribution >= 4 is 50.7 Å². The number of nitrogens with one attached hydrogen (secondary N) is 2. The summed E-state index contributed by atoms with van der Waals surface area (Å²) in [5.74, 6) is -1.03. The quantitative estimate of drug-likeness (QED) is 0.673. The van der Waals surface area contributed by atoms with Gasteiger partial charge in [-0.1, -0.05) is 23.2 Å². The van der Waals surface area contributed by atoms with Crippen LogP contribution in [0.15, 0.2) is 47.6 Å². The molecule has 1 saturated heterocycles. The van der Waals surface area contributed by atoms with Crippen molar-refractivity contribution in [2.24, 2.45) is 5.92 Å². The average Bonchev–Trinajstić information content (AvgIpc) is 2.74. The maximum Gasteiger partial charge on any atom is 0.244 e. The van der Waals surface area contributed by atoms with Gasteiger partial charge in [0.25, 0.3) is 0 Å². The van der Waals surface area contributed by atoms with E-state index in [2.05, 4.69) is 15.6 Å². The molecule has 1 aromatic carbocycles. The van der Waals surface area contributed by atoms with Gasteiger partial charge >= 0.3 is 0 Å². The second-order valence-electron chi connectivity index (χ2n) is 6.76. The Balaban J connectivity index is 1.51. The zero-order valence-electron chi connectivity index (χ0n) is 15.8. The van der Waals surface area contributed by atoms with E-state index in [1.807, 2.05) is 0 Å². The molecule has 2 aromatic rings. The van der Waals surface area contributed by atoms with E-state index in [0.29, 0.717) is 18.5 Å². The standard InChI is InChI=1S/C19H20Cl2N4O4S/c20-14-3-4-16(21)17(10-14)30(28,29)25-8-5-13(6-9-25)19(27)23-12-18(26)24-15-2-1-7-22-11-15/h1-4,7,10-11,13H,5-6,8-9,12H2,(H,23,27)(H,24,26). The summed E-state index contributed by atoms with van der Waals surface area (Å²) in [6.45, 7) is 0.167. The molecule has 0 aliphatic carbocycles. The Labute approximate surface area is 184 Å². The molecule has 2 amide bonds. The van der Waals surface area contributed by atoms with Gasteiger partial charge in [-0.05, 0) is 43.2 Å². The lowest BCUT2D eigenvalue weighted by molar-refractivity contribution is -0.128. The van der Waals surface area contributed by atoms with Crippen LogP contribution in [0.5, 0.6) is 0 Å². The van der Waals surface area contributed by atoms with Crippen LogP contribution in [-0.4, -0.2) is 49.2 Å². The Bertz CT molecular complexity index is 1030. The summed E-state index contributed by atoms with van der Waals surface area (Å²) in [7, 11) is -3.81. The minimum absolute atomic E-state index is 0.0494. The summed E-state index contributed by atoms with van der Waals surface area (Å²) >= 11 is 11.9. The summed E-state index contributed by atoms with van der Waals surface area (Å²) in [6, 6.07) is 7.65. The van der Waals surface area contributed by atoms with Gasteiger partial charge in [0.2, 0.25) is 21.8 Å². The number of pyridine rings is 1. The van der Waals surface area contributed by atoms with E-state index >= 15 is 0 Å². The molecule has 0 saturated carbocycles. The molecule has 0 atom stereocenters. The Hall–Kier alpha value is -2.20. The summed E-state index contributed by atoms with van der Waals surface area (Å²) in [5.41, 5.74) is 0.537. The molecular formula is C19H20Cl2N4O4S. The molecule has 1 aliphatic rings. The molecule has 3 rings (SSSR count). The third kappa shape index (κ3) is 5.48. The highest BCUT2D eigenvalue weighted by molar-refractivity contribution is 7.89. The average molecular weight is 471 g/mol. The summed E-state index contributed by atoms with van der Waals surface area (Å²) in [5, 5.41) is 5.60. The van der Waals surface area contributed by atoms with Gasteiger partial charge in [-0.3, -0.25) is 14.6 Å². The lowest BCUT2D eigenvalue weighted by Gasteiger charge is -2.30. The second kappa shape index (κ2) is 9.74. The first-order chi connectivity index (χ1) is 14.3. The highest BCUT2D eigenvalue weighted by Crippen LogP contribution is 2.30. The number of carbonyl (C=O) groups excluding carboxylic acids is 2. The first kappa shape index (κ1) is 22.5. The highest BCUT2D eigenvalue weighted by Gasteiger charge is 2.33. The molecule has 1 aromatic heterocycles. The fraction of sp³-hybridized carbons (Fsp3) is 0.316. The minimum atomic E-state index is -3.81. The maximum absolute atomic E-state index is 12.8. The van der Waals surface area contributed by atoms with Crippen LogP contribution in [0.2, 0.25) is 10.0 Å². The van der Waals surface area contributed by atoms with E-state index in [1.54, 1.807) is 18.3 Å². The number of benzene rings is 1. The fourth-order valence-corrected chi connectivity index (χ4v) is 5.33. The molecule has 0 spiro atoms. The molecule has 0 bridgehead atoms. The molecule has 0 unspecified atom stereocenters. The fourth-order valence-electron chi connectivity index (χ4n) is 3.13. The number of hydrogen-bond acceptors (Lipinski definition) is 5. The molecule has 11 heteroatoms. The number of rotatable bonds is 6. The highest BCUT2D eigenvalue weighted by atomic mass is 35.5. The second-order valence-corrected chi connectivity index (χ2v) is 9.51. The molecule has 1 aliphatic heterocycles. The predicted octanol–water partition coefficient (Wildman–Crippen LogP) is 2.54. The number of halogens is 2. The van der Waals surface area contributed by atoms with E-state index in [-0.39, 0.29) is 52.3 Å². The van der Waals surface area contributed by atoms with E-state index in [9.17, 15) is 18.0 Å². The number of amides is 2. The molecular weight excluding hydrogens is 451 g/mol. The van der Waals surface area contributed by atoms with Crippen LogP contribution in [0.4, 0.5) is 5.69 Å². The molecule has 0 radical (unpaired) electrons. The number of hydrogen-bond donors (Lipinski definition) is 2. The van der Waals surface area contributed by atoms with Gasteiger partial charge in [-0.25, -0.2) is 8.42 Å². The zero-order valence-corrected chi connectivity index (χ0v) is 18.2. The number of anilines is 1. The van der Waals surface area contributed by atoms with Crippen LogP contribution in [0.1, 0.15) is 12.8 Å². The number of carbonyl (C=O) groups is 2. The van der Waals surface area contributed by atoms with Crippen molar-refractivity contribution in [3.8, 4) is 0 Å². The maximum atomic E-state index is 12.8. The largest absolute Gasteiger partial charge is 0.347 e. The van der Waals surface area contributed by atoms with E-state index in [4.69, 9.17) is 23.2 Å². The Kier molecular flexibility index (Phi) is 7.30. The van der Waals surface area contributed by atoms with Crippen molar-refractivity contribution in [2.45, 2.75) is 17.7 Å². The third-order valence-corrected chi connectivity index (χ3v) is 7.32. The topological polar surface area (TPSA) is 108 Å². The smallest absolute Gasteiger partial charge is 0.244 e. The summed E-state index contributed by atoms with van der Waals surface area (Å²) in [4.78, 5) is 28.1. The van der Waals surface area contributed by atoms with Crippen LogP contribution in [0.3, 0.4) is 0 Å². The van der Waals surface area contributed by atoms with Crippen molar-refractivity contribution in [2.75, 3.05) is 25.0 Å². The summed E-state index contributed by atoms with van der Waals surface area (Å²) < 4.78 is 27.0. The van der Waals surface area contributed by atoms with E-state index in [0.717, 1.165) is 0 Å². The lowest BCUT2D eigenvalue weighted by atomic mass is 9.97. The van der Waals surface area contributed by atoms with E-state index in [1.165, 1.54) is 28.7 Å². The molecule has 2 N–H and O–H groups in total. The number of piperidine rings is 1. The van der Waals surface area contributed by atoms with Crippen molar-refractivity contribution < 1.29 is 18.0 Å². The van der Waals surface area contributed by atoms with Gasteiger partial charge in [0.15, 0.2) is 0 Å². The van der Waals surface area contributed by atoms with Crippen LogP contribution < -0.4 is 10.6 Å². The van der Waals surface area contributed by atoms with Crippen molar-refractivity contribution in [3.63, 3.8) is 0 Å².